The van der Waals surface area contributed by atoms with Crippen molar-refractivity contribution in [3.8, 4) is 12.3 Å². The summed E-state index contributed by atoms with van der Waals surface area (Å²) in [4.78, 5) is 10.5. The second-order valence-corrected chi connectivity index (χ2v) is 1.62. The van der Waals surface area contributed by atoms with E-state index in [1.165, 1.54) is 0 Å². The van der Waals surface area contributed by atoms with E-state index in [-0.39, 0.29) is 13.2 Å². The van der Waals surface area contributed by atoms with E-state index in [4.69, 9.17) is 6.42 Å². The van der Waals surface area contributed by atoms with Gasteiger partial charge in [0.15, 0.2) is 6.61 Å². The Morgan fingerprint density at radius 1 is 1.64 bits per heavy atom. The number of rotatable bonds is 3. The van der Waals surface area contributed by atoms with Crippen molar-refractivity contribution in [3.63, 3.8) is 0 Å². The fourth-order valence-electron chi connectivity index (χ4n) is 0.355. The molecular formula is C8H10O3. The first kappa shape index (κ1) is 9.57. The number of allylic oxidation sites excluding steroid dienone is 1. The number of hydrogen-bond acceptors (Lipinski definition) is 3. The van der Waals surface area contributed by atoms with Gasteiger partial charge < -0.3 is 9.47 Å². The smallest absolute Gasteiger partial charge is 0.430 e. The Hall–Kier alpha value is -1.43. The summed E-state index contributed by atoms with van der Waals surface area (Å²) in [6.45, 7) is 2.00. The van der Waals surface area contributed by atoms with Crippen LogP contribution < -0.4 is 0 Å². The molecule has 0 aliphatic rings. The standard InChI is InChI=1S/C8H10O3/c1-3-5-7-11-8(9)10-6-4-2/h2-3,5H,6-7H2,1H3. The monoisotopic (exact) mass is 154 g/mol. The third-order valence-corrected chi connectivity index (χ3v) is 0.806. The molecule has 0 unspecified atom stereocenters. The van der Waals surface area contributed by atoms with Crippen LogP contribution in [0.3, 0.4) is 0 Å². The predicted molar refractivity (Wildman–Crippen MR) is 40.9 cm³/mol. The lowest BCUT2D eigenvalue weighted by atomic mass is 10.6. The first-order valence-electron chi connectivity index (χ1n) is 3.15. The van der Waals surface area contributed by atoms with Gasteiger partial charge in [0.05, 0.1) is 0 Å². The molecule has 0 amide bonds. The van der Waals surface area contributed by atoms with Crippen LogP contribution in [0.5, 0.6) is 0 Å². The molecule has 0 aliphatic heterocycles. The number of ether oxygens (including phenoxy) is 2. The van der Waals surface area contributed by atoms with Gasteiger partial charge in [0, 0.05) is 0 Å². The molecule has 0 saturated heterocycles. The maximum absolute atomic E-state index is 10.5. The number of carbonyl (C=O) groups excluding carboxylic acids is 1. The molecule has 0 fully saturated rings. The summed E-state index contributed by atoms with van der Waals surface area (Å²) in [5.41, 5.74) is 0. The van der Waals surface area contributed by atoms with E-state index in [9.17, 15) is 4.79 Å². The summed E-state index contributed by atoms with van der Waals surface area (Å²) in [7, 11) is 0. The van der Waals surface area contributed by atoms with Gasteiger partial charge in [-0.3, -0.25) is 0 Å². The van der Waals surface area contributed by atoms with Crippen LogP contribution in [-0.2, 0) is 9.47 Å². The molecule has 11 heavy (non-hydrogen) atoms. The highest BCUT2D eigenvalue weighted by atomic mass is 16.7. The summed E-state index contributed by atoms with van der Waals surface area (Å²) in [5, 5.41) is 0. The van der Waals surface area contributed by atoms with E-state index < -0.39 is 6.16 Å². The van der Waals surface area contributed by atoms with E-state index in [2.05, 4.69) is 15.4 Å². The SMILES string of the molecule is C#CCOC(=O)OCC=CC. The molecule has 0 atom stereocenters. The zero-order valence-corrected chi connectivity index (χ0v) is 6.37. The van der Waals surface area contributed by atoms with Gasteiger partial charge in [-0.05, 0) is 6.92 Å². The zero-order chi connectivity index (χ0) is 8.53. The highest BCUT2D eigenvalue weighted by Gasteiger charge is 1.98. The molecule has 0 aliphatic carbocycles. The van der Waals surface area contributed by atoms with Crippen molar-refractivity contribution in [3.05, 3.63) is 12.2 Å². The van der Waals surface area contributed by atoms with Crippen LogP contribution in [0, 0.1) is 12.3 Å². The Balaban J connectivity index is 3.31. The van der Waals surface area contributed by atoms with Crippen molar-refractivity contribution in [1.29, 1.82) is 0 Å². The summed E-state index contributed by atoms with van der Waals surface area (Å²) >= 11 is 0. The van der Waals surface area contributed by atoms with Gasteiger partial charge in [-0.2, -0.15) is 0 Å². The van der Waals surface area contributed by atoms with Gasteiger partial charge in [-0.15, -0.1) is 6.42 Å². The molecule has 0 aromatic heterocycles. The fourth-order valence-corrected chi connectivity index (χ4v) is 0.355. The topological polar surface area (TPSA) is 35.5 Å². The maximum atomic E-state index is 10.5. The second-order valence-electron chi connectivity index (χ2n) is 1.62. The fraction of sp³-hybridized carbons (Fsp3) is 0.375. The summed E-state index contributed by atoms with van der Waals surface area (Å²) < 4.78 is 8.95. The minimum absolute atomic E-state index is 0.0470. The molecule has 0 aromatic carbocycles. The van der Waals surface area contributed by atoms with Gasteiger partial charge in [0.1, 0.15) is 6.61 Å². The molecular weight excluding hydrogens is 144 g/mol. The van der Waals surface area contributed by atoms with E-state index in [0.29, 0.717) is 0 Å². The van der Waals surface area contributed by atoms with Crippen molar-refractivity contribution in [2.75, 3.05) is 13.2 Å². The third kappa shape index (κ3) is 6.46. The van der Waals surface area contributed by atoms with Crippen LogP contribution in [0.1, 0.15) is 6.92 Å². The predicted octanol–water partition coefficient (Wildman–Crippen LogP) is 1.35. The molecule has 60 valence electrons. The number of hydrogen-bond donors (Lipinski definition) is 0. The molecule has 0 aromatic rings. The van der Waals surface area contributed by atoms with Gasteiger partial charge in [-0.1, -0.05) is 18.1 Å². The molecule has 0 saturated carbocycles. The summed E-state index contributed by atoms with van der Waals surface area (Å²) in [6, 6.07) is 0. The highest BCUT2D eigenvalue weighted by molar-refractivity contribution is 5.60. The quantitative estimate of drug-likeness (QED) is 0.349. The normalized spacial score (nSPS) is 9.09. The number of terminal acetylenes is 1. The first-order chi connectivity index (χ1) is 5.31. The molecule has 3 nitrogen and oxygen atoms in total. The second kappa shape index (κ2) is 6.69. The Morgan fingerprint density at radius 2 is 2.36 bits per heavy atom. The lowest BCUT2D eigenvalue weighted by Gasteiger charge is -1.99. The van der Waals surface area contributed by atoms with Gasteiger partial charge in [-0.25, -0.2) is 4.79 Å². The average Bonchev–Trinajstić information content (AvgIpc) is 2.01. The summed E-state index contributed by atoms with van der Waals surface area (Å²) in [6.07, 6.45) is 7.56. The molecule has 0 rings (SSSR count). The Morgan fingerprint density at radius 3 is 2.91 bits per heavy atom. The van der Waals surface area contributed by atoms with E-state index in [0.717, 1.165) is 0 Å². The minimum atomic E-state index is -0.735. The van der Waals surface area contributed by atoms with E-state index in [1.54, 1.807) is 12.2 Å². The van der Waals surface area contributed by atoms with Crippen molar-refractivity contribution >= 4 is 6.16 Å². The van der Waals surface area contributed by atoms with Gasteiger partial charge in [0.2, 0.25) is 0 Å². The molecule has 3 heteroatoms. The van der Waals surface area contributed by atoms with Crippen LogP contribution >= 0.6 is 0 Å². The Bertz CT molecular complexity index is 176. The van der Waals surface area contributed by atoms with Crippen LogP contribution in [0.2, 0.25) is 0 Å². The average molecular weight is 154 g/mol. The minimum Gasteiger partial charge on any atom is -0.430 e. The Labute approximate surface area is 66.0 Å². The first-order valence-corrected chi connectivity index (χ1v) is 3.15. The van der Waals surface area contributed by atoms with Crippen LogP contribution in [0.15, 0.2) is 12.2 Å². The summed E-state index contributed by atoms with van der Waals surface area (Å²) in [5.74, 6) is 2.15. The molecule has 0 N–H and O–H groups in total. The number of carbonyl (C=O) groups is 1. The highest BCUT2D eigenvalue weighted by Crippen LogP contribution is 1.84. The van der Waals surface area contributed by atoms with Crippen LogP contribution in [-0.4, -0.2) is 19.4 Å². The van der Waals surface area contributed by atoms with Crippen molar-refractivity contribution < 1.29 is 14.3 Å². The van der Waals surface area contributed by atoms with Crippen molar-refractivity contribution in [2.45, 2.75) is 6.92 Å². The largest absolute Gasteiger partial charge is 0.509 e. The Kier molecular flexibility index (Phi) is 5.82. The molecule has 0 radical (unpaired) electrons. The van der Waals surface area contributed by atoms with Gasteiger partial charge >= 0.3 is 6.16 Å². The lowest BCUT2D eigenvalue weighted by molar-refractivity contribution is 0.0731. The van der Waals surface area contributed by atoms with Crippen LogP contribution in [0.25, 0.3) is 0 Å². The van der Waals surface area contributed by atoms with Crippen molar-refractivity contribution in [1.82, 2.24) is 0 Å². The van der Waals surface area contributed by atoms with Crippen LogP contribution in [0.4, 0.5) is 4.79 Å². The lowest BCUT2D eigenvalue weighted by Crippen LogP contribution is -2.07. The van der Waals surface area contributed by atoms with Crippen molar-refractivity contribution in [2.24, 2.45) is 0 Å². The molecule has 0 spiro atoms. The third-order valence-electron chi connectivity index (χ3n) is 0.806. The maximum Gasteiger partial charge on any atom is 0.509 e. The van der Waals surface area contributed by atoms with E-state index >= 15 is 0 Å². The van der Waals surface area contributed by atoms with E-state index in [1.807, 2.05) is 6.92 Å². The zero-order valence-electron chi connectivity index (χ0n) is 6.37. The van der Waals surface area contributed by atoms with Gasteiger partial charge in [0.25, 0.3) is 0 Å². The molecule has 0 bridgehead atoms. The molecule has 0 heterocycles.